The number of Topliss-reactive ketones (excluding diaryl/α,β-unsaturated/α-hetero) is 1. The predicted molar refractivity (Wildman–Crippen MR) is 94.4 cm³/mol. The minimum Gasteiger partial charge on any atom is -0.478 e. The largest absolute Gasteiger partial charge is 0.478 e. The molecule has 0 amide bonds. The second kappa shape index (κ2) is 10.6. The fourth-order valence-corrected chi connectivity index (χ4v) is 2.00. The van der Waals surface area contributed by atoms with Crippen molar-refractivity contribution in [3.05, 3.63) is 41.0 Å². The molecule has 0 saturated heterocycles. The van der Waals surface area contributed by atoms with Crippen LogP contribution in [0.15, 0.2) is 41.0 Å². The second-order valence-corrected chi connectivity index (χ2v) is 5.59. The molecule has 0 saturated carbocycles. The number of esters is 1. The van der Waals surface area contributed by atoms with Crippen LogP contribution in [0.2, 0.25) is 0 Å². The first-order chi connectivity index (χ1) is 11.5. The summed E-state index contributed by atoms with van der Waals surface area (Å²) in [6.07, 6.45) is 1.63. The molecule has 0 N–H and O–H groups in total. The van der Waals surface area contributed by atoms with Gasteiger partial charge in [-0.15, -0.1) is 0 Å². The van der Waals surface area contributed by atoms with Crippen LogP contribution in [0.5, 0.6) is 5.88 Å². The van der Waals surface area contributed by atoms with Crippen LogP contribution in [0.3, 0.4) is 0 Å². The minimum atomic E-state index is -0.440. The average molecular weight is 397 g/mol. The number of halogens is 1. The standard InChI is InChI=1S/C11H11BrN2O.C6H10O3/c1-2-15-11-7-8-13-14(11)10-5-3-9(12)4-6-10;1-3-9-6(8)4-5(2)7/h3-8H,2H2,1H3;3-4H2,1-2H3. The summed E-state index contributed by atoms with van der Waals surface area (Å²) in [5, 5.41) is 4.21. The van der Waals surface area contributed by atoms with Gasteiger partial charge in [0.15, 0.2) is 0 Å². The molecule has 24 heavy (non-hydrogen) atoms. The predicted octanol–water partition coefficient (Wildman–Crippen LogP) is 3.56. The van der Waals surface area contributed by atoms with E-state index in [1.165, 1.54) is 6.92 Å². The van der Waals surface area contributed by atoms with E-state index < -0.39 is 5.97 Å². The van der Waals surface area contributed by atoms with Gasteiger partial charge in [0.2, 0.25) is 5.88 Å². The van der Waals surface area contributed by atoms with Crippen LogP contribution >= 0.6 is 15.9 Å². The molecule has 2 rings (SSSR count). The molecule has 0 aliphatic carbocycles. The number of carbonyl (C=O) groups is 2. The molecule has 0 bridgehead atoms. The Morgan fingerprint density at radius 3 is 2.33 bits per heavy atom. The quantitative estimate of drug-likeness (QED) is 0.551. The van der Waals surface area contributed by atoms with Gasteiger partial charge in [-0.2, -0.15) is 5.10 Å². The summed E-state index contributed by atoms with van der Waals surface area (Å²) in [7, 11) is 0. The molecule has 0 aliphatic rings. The topological polar surface area (TPSA) is 70.4 Å². The van der Waals surface area contributed by atoms with Crippen LogP contribution in [0.4, 0.5) is 0 Å². The normalized spacial score (nSPS) is 9.67. The van der Waals surface area contributed by atoms with Gasteiger partial charge in [0.1, 0.15) is 12.2 Å². The van der Waals surface area contributed by atoms with Crippen LogP contribution in [0.1, 0.15) is 27.2 Å². The van der Waals surface area contributed by atoms with E-state index in [9.17, 15) is 9.59 Å². The Labute approximate surface area is 149 Å². The lowest BCUT2D eigenvalue weighted by Crippen LogP contribution is -2.07. The maximum atomic E-state index is 10.4. The van der Waals surface area contributed by atoms with Gasteiger partial charge in [0.25, 0.3) is 0 Å². The first-order valence-corrected chi connectivity index (χ1v) is 8.35. The van der Waals surface area contributed by atoms with Gasteiger partial charge in [0.05, 0.1) is 25.1 Å². The van der Waals surface area contributed by atoms with Gasteiger partial charge in [-0.05, 0) is 45.0 Å². The smallest absolute Gasteiger partial charge is 0.313 e. The highest BCUT2D eigenvalue weighted by Gasteiger charge is 2.04. The van der Waals surface area contributed by atoms with E-state index in [4.69, 9.17) is 4.74 Å². The maximum Gasteiger partial charge on any atom is 0.313 e. The third-order valence-electron chi connectivity index (χ3n) is 2.67. The van der Waals surface area contributed by atoms with E-state index >= 15 is 0 Å². The first kappa shape index (κ1) is 19.9. The van der Waals surface area contributed by atoms with E-state index in [1.54, 1.807) is 17.8 Å². The number of rotatable bonds is 6. The monoisotopic (exact) mass is 396 g/mol. The SMILES string of the molecule is CCOC(=O)CC(C)=O.CCOc1ccnn1-c1ccc(Br)cc1. The molecule has 6 nitrogen and oxygen atoms in total. The molecule has 0 fully saturated rings. The van der Waals surface area contributed by atoms with E-state index in [2.05, 4.69) is 25.8 Å². The summed E-state index contributed by atoms with van der Waals surface area (Å²) >= 11 is 3.40. The van der Waals surface area contributed by atoms with Gasteiger partial charge >= 0.3 is 5.97 Å². The molecule has 0 unspecified atom stereocenters. The van der Waals surface area contributed by atoms with Crippen LogP contribution in [-0.2, 0) is 14.3 Å². The molecular formula is C17H21BrN2O4. The molecule has 0 radical (unpaired) electrons. The lowest BCUT2D eigenvalue weighted by atomic mass is 10.3. The van der Waals surface area contributed by atoms with Crippen molar-refractivity contribution in [2.45, 2.75) is 27.2 Å². The zero-order valence-electron chi connectivity index (χ0n) is 14.0. The summed E-state index contributed by atoms with van der Waals surface area (Å²) in [6.45, 7) is 6.00. The van der Waals surface area contributed by atoms with Gasteiger partial charge in [-0.1, -0.05) is 15.9 Å². The lowest BCUT2D eigenvalue weighted by Gasteiger charge is -2.07. The van der Waals surface area contributed by atoms with Crippen molar-refractivity contribution in [3.8, 4) is 11.6 Å². The molecule has 1 heterocycles. The van der Waals surface area contributed by atoms with Crippen molar-refractivity contribution < 1.29 is 19.1 Å². The van der Waals surface area contributed by atoms with Crippen molar-refractivity contribution in [1.29, 1.82) is 0 Å². The van der Waals surface area contributed by atoms with Gasteiger partial charge in [-0.3, -0.25) is 9.59 Å². The summed E-state index contributed by atoms with van der Waals surface area (Å²) in [6, 6.07) is 9.78. The van der Waals surface area contributed by atoms with Gasteiger partial charge < -0.3 is 9.47 Å². The molecule has 130 valence electrons. The molecule has 0 atom stereocenters. The molecular weight excluding hydrogens is 376 g/mol. The molecule has 7 heteroatoms. The van der Waals surface area contributed by atoms with E-state index in [1.807, 2.05) is 37.3 Å². The first-order valence-electron chi connectivity index (χ1n) is 7.55. The number of aromatic nitrogens is 2. The van der Waals surface area contributed by atoms with Crippen molar-refractivity contribution in [3.63, 3.8) is 0 Å². The third-order valence-corrected chi connectivity index (χ3v) is 3.20. The van der Waals surface area contributed by atoms with Crippen molar-refractivity contribution >= 4 is 27.7 Å². The van der Waals surface area contributed by atoms with E-state index in [0.717, 1.165) is 16.0 Å². The number of hydrogen-bond donors (Lipinski definition) is 0. The molecule has 0 aliphatic heterocycles. The summed E-state index contributed by atoms with van der Waals surface area (Å²) in [4.78, 5) is 20.6. The van der Waals surface area contributed by atoms with E-state index in [-0.39, 0.29) is 12.2 Å². The Kier molecular flexibility index (Phi) is 8.78. The lowest BCUT2D eigenvalue weighted by molar-refractivity contribution is -0.145. The fraction of sp³-hybridized carbons (Fsp3) is 0.353. The van der Waals surface area contributed by atoms with Crippen LogP contribution in [-0.4, -0.2) is 34.7 Å². The maximum absolute atomic E-state index is 10.4. The number of hydrogen-bond acceptors (Lipinski definition) is 5. The summed E-state index contributed by atoms with van der Waals surface area (Å²) < 4.78 is 12.8. The van der Waals surface area contributed by atoms with Gasteiger partial charge in [-0.25, -0.2) is 4.68 Å². The fourth-order valence-electron chi connectivity index (χ4n) is 1.74. The highest BCUT2D eigenvalue weighted by atomic mass is 79.9. The van der Waals surface area contributed by atoms with Crippen molar-refractivity contribution in [2.24, 2.45) is 0 Å². The minimum absolute atomic E-state index is 0.103. The molecule has 1 aromatic carbocycles. The molecule has 1 aromatic heterocycles. The Morgan fingerprint density at radius 1 is 1.12 bits per heavy atom. The molecule has 0 spiro atoms. The van der Waals surface area contributed by atoms with Crippen LogP contribution < -0.4 is 4.74 Å². The Balaban J connectivity index is 0.000000277. The van der Waals surface area contributed by atoms with Crippen molar-refractivity contribution in [1.82, 2.24) is 9.78 Å². The zero-order valence-corrected chi connectivity index (χ0v) is 15.6. The second-order valence-electron chi connectivity index (χ2n) is 4.67. The Morgan fingerprint density at radius 2 is 1.79 bits per heavy atom. The Bertz CT molecular complexity index is 653. The van der Waals surface area contributed by atoms with Gasteiger partial charge in [0, 0.05) is 10.5 Å². The number of ketones is 1. The number of ether oxygens (including phenoxy) is 2. The summed E-state index contributed by atoms with van der Waals surface area (Å²) in [5.74, 6) is 0.165. The summed E-state index contributed by atoms with van der Waals surface area (Å²) in [5.41, 5.74) is 0.992. The Hall–Kier alpha value is -2.15. The number of carbonyl (C=O) groups excluding carboxylic acids is 2. The number of benzene rings is 1. The van der Waals surface area contributed by atoms with E-state index in [0.29, 0.717) is 13.2 Å². The highest BCUT2D eigenvalue weighted by Crippen LogP contribution is 2.19. The van der Waals surface area contributed by atoms with Crippen LogP contribution in [0, 0.1) is 0 Å². The van der Waals surface area contributed by atoms with Crippen molar-refractivity contribution in [2.75, 3.05) is 13.2 Å². The average Bonchev–Trinajstić information content (AvgIpc) is 2.97. The van der Waals surface area contributed by atoms with Crippen LogP contribution in [0.25, 0.3) is 5.69 Å². The third kappa shape index (κ3) is 6.95. The highest BCUT2D eigenvalue weighted by molar-refractivity contribution is 9.10. The number of nitrogens with zero attached hydrogens (tertiary/aromatic N) is 2. The molecule has 2 aromatic rings. The zero-order chi connectivity index (χ0) is 17.9.